The molecule has 0 spiro atoms. The van der Waals surface area contributed by atoms with Crippen LogP contribution in [0.25, 0.3) is 0 Å². The molecule has 0 aliphatic heterocycles. The summed E-state index contributed by atoms with van der Waals surface area (Å²) in [4.78, 5) is 10.9. The van der Waals surface area contributed by atoms with Crippen LogP contribution >= 0.6 is 0 Å². The topological polar surface area (TPSA) is 78.8 Å². The van der Waals surface area contributed by atoms with E-state index in [1.165, 1.54) is 0 Å². The molecule has 0 aromatic carbocycles. The lowest BCUT2D eigenvalue weighted by atomic mass is 10.2. The summed E-state index contributed by atoms with van der Waals surface area (Å²) in [5.41, 5.74) is -0.526. The van der Waals surface area contributed by atoms with E-state index < -0.39 is 18.0 Å². The zero-order chi connectivity index (χ0) is 10.5. The van der Waals surface area contributed by atoms with E-state index in [-0.39, 0.29) is 13.0 Å². The summed E-state index contributed by atoms with van der Waals surface area (Å²) < 4.78 is 4.91. The van der Waals surface area contributed by atoms with E-state index in [9.17, 15) is 4.79 Å². The number of hydrogen-bond donors (Lipinski definition) is 3. The highest BCUT2D eigenvalue weighted by atomic mass is 16.6. The van der Waals surface area contributed by atoms with Gasteiger partial charge in [-0.05, 0) is 20.8 Å². The number of rotatable bonds is 3. The minimum atomic E-state index is -1.39. The minimum Gasteiger partial charge on any atom is -0.444 e. The Kier molecular flexibility index (Phi) is 4.72. The molecule has 1 amide bonds. The van der Waals surface area contributed by atoms with Crippen LogP contribution in [0.4, 0.5) is 4.79 Å². The number of ether oxygens (including phenoxy) is 1. The lowest BCUT2D eigenvalue weighted by molar-refractivity contribution is -0.0445. The quantitative estimate of drug-likeness (QED) is 0.557. The number of carbonyl (C=O) groups is 1. The van der Waals surface area contributed by atoms with E-state index in [1.54, 1.807) is 20.8 Å². The first-order valence-electron chi connectivity index (χ1n) is 4.14. The van der Waals surface area contributed by atoms with E-state index in [0.29, 0.717) is 0 Å². The summed E-state index contributed by atoms with van der Waals surface area (Å²) in [6.07, 6.45) is -1.85. The first-order chi connectivity index (χ1) is 5.81. The highest BCUT2D eigenvalue weighted by molar-refractivity contribution is 5.67. The molecule has 0 fully saturated rings. The van der Waals surface area contributed by atoms with Crippen LogP contribution in [0, 0.1) is 0 Å². The summed E-state index contributed by atoms with van der Waals surface area (Å²) in [5, 5.41) is 19.3. The van der Waals surface area contributed by atoms with E-state index in [4.69, 9.17) is 14.9 Å². The number of hydrogen-bond acceptors (Lipinski definition) is 4. The van der Waals surface area contributed by atoms with Gasteiger partial charge in [0.25, 0.3) is 0 Å². The molecule has 13 heavy (non-hydrogen) atoms. The van der Waals surface area contributed by atoms with E-state index in [2.05, 4.69) is 5.32 Å². The van der Waals surface area contributed by atoms with Gasteiger partial charge in [0.05, 0.1) is 0 Å². The van der Waals surface area contributed by atoms with Gasteiger partial charge in [-0.1, -0.05) is 0 Å². The Labute approximate surface area is 77.7 Å². The van der Waals surface area contributed by atoms with Gasteiger partial charge in [0, 0.05) is 13.0 Å². The average molecular weight is 191 g/mol. The third-order valence-corrected chi connectivity index (χ3v) is 1.07. The smallest absolute Gasteiger partial charge is 0.407 e. The van der Waals surface area contributed by atoms with Crippen molar-refractivity contribution in [3.05, 3.63) is 0 Å². The fourth-order valence-electron chi connectivity index (χ4n) is 0.618. The molecule has 5 nitrogen and oxygen atoms in total. The zero-order valence-corrected chi connectivity index (χ0v) is 8.20. The van der Waals surface area contributed by atoms with Crippen LogP contribution in [0.1, 0.15) is 27.2 Å². The molecule has 3 N–H and O–H groups in total. The predicted octanol–water partition coefficient (Wildman–Crippen LogP) is 0.212. The molecule has 0 rings (SSSR count). The number of amides is 1. The summed E-state index contributed by atoms with van der Waals surface area (Å²) in [5.74, 6) is 0. The highest BCUT2D eigenvalue weighted by Gasteiger charge is 2.15. The Hall–Kier alpha value is -0.810. The summed E-state index contributed by atoms with van der Waals surface area (Å²) >= 11 is 0. The van der Waals surface area contributed by atoms with Gasteiger partial charge in [0.1, 0.15) is 5.60 Å². The van der Waals surface area contributed by atoms with Gasteiger partial charge < -0.3 is 20.3 Å². The highest BCUT2D eigenvalue weighted by Crippen LogP contribution is 2.06. The van der Waals surface area contributed by atoms with Crippen molar-refractivity contribution in [2.24, 2.45) is 0 Å². The standard InChI is InChI=1S/C8H17NO4/c1-8(2,3)13-7(12)9-5-4-6(10)11/h6,10-11H,4-5H2,1-3H3,(H,9,12). The average Bonchev–Trinajstić information content (AvgIpc) is 1.81. The maximum absolute atomic E-state index is 10.9. The lowest BCUT2D eigenvalue weighted by Gasteiger charge is -2.19. The van der Waals surface area contributed by atoms with Gasteiger partial charge >= 0.3 is 6.09 Å². The SMILES string of the molecule is CC(C)(C)OC(=O)NCCC(O)O. The second-order valence-electron chi connectivity index (χ2n) is 3.70. The molecular weight excluding hydrogens is 174 g/mol. The normalized spacial score (nSPS) is 11.5. The molecule has 0 aromatic heterocycles. The molecule has 0 aromatic rings. The van der Waals surface area contributed by atoms with Gasteiger partial charge in [-0.2, -0.15) is 0 Å². The Morgan fingerprint density at radius 3 is 2.38 bits per heavy atom. The van der Waals surface area contributed by atoms with Gasteiger partial charge in [-0.25, -0.2) is 4.79 Å². The predicted molar refractivity (Wildman–Crippen MR) is 47.1 cm³/mol. The third kappa shape index (κ3) is 9.10. The first kappa shape index (κ1) is 12.2. The lowest BCUT2D eigenvalue weighted by Crippen LogP contribution is -2.33. The molecule has 0 saturated heterocycles. The molecule has 0 aliphatic rings. The van der Waals surface area contributed by atoms with Crippen molar-refractivity contribution in [3.8, 4) is 0 Å². The van der Waals surface area contributed by atoms with Crippen LogP contribution in [-0.4, -0.2) is 34.7 Å². The number of nitrogens with one attached hydrogen (secondary N) is 1. The number of aliphatic hydroxyl groups is 2. The Balaban J connectivity index is 3.53. The van der Waals surface area contributed by atoms with Crippen molar-refractivity contribution in [3.63, 3.8) is 0 Å². The van der Waals surface area contributed by atoms with Crippen LogP contribution in [0.15, 0.2) is 0 Å². The fourth-order valence-corrected chi connectivity index (χ4v) is 0.618. The number of aliphatic hydroxyl groups excluding tert-OH is 1. The molecule has 0 atom stereocenters. The maximum Gasteiger partial charge on any atom is 0.407 e. The molecule has 0 aliphatic carbocycles. The largest absolute Gasteiger partial charge is 0.444 e. The van der Waals surface area contributed by atoms with Crippen molar-refractivity contribution in [1.29, 1.82) is 0 Å². The molecule has 0 bridgehead atoms. The zero-order valence-electron chi connectivity index (χ0n) is 8.20. The van der Waals surface area contributed by atoms with Crippen LogP contribution in [-0.2, 0) is 4.74 Å². The summed E-state index contributed by atoms with van der Waals surface area (Å²) in [6.45, 7) is 5.46. The van der Waals surface area contributed by atoms with Gasteiger partial charge in [0.2, 0.25) is 0 Å². The van der Waals surface area contributed by atoms with Crippen LogP contribution < -0.4 is 5.32 Å². The van der Waals surface area contributed by atoms with E-state index in [0.717, 1.165) is 0 Å². The van der Waals surface area contributed by atoms with Crippen molar-refractivity contribution in [2.75, 3.05) is 6.54 Å². The fraction of sp³-hybridized carbons (Fsp3) is 0.875. The van der Waals surface area contributed by atoms with Crippen molar-refractivity contribution >= 4 is 6.09 Å². The number of carbonyl (C=O) groups excluding carboxylic acids is 1. The van der Waals surface area contributed by atoms with Crippen molar-refractivity contribution in [2.45, 2.75) is 39.1 Å². The molecule has 0 unspecified atom stereocenters. The molecule has 5 heteroatoms. The Morgan fingerprint density at radius 1 is 1.46 bits per heavy atom. The molecular formula is C8H17NO4. The van der Waals surface area contributed by atoms with E-state index in [1.807, 2.05) is 0 Å². The third-order valence-electron chi connectivity index (χ3n) is 1.07. The molecule has 0 heterocycles. The summed E-state index contributed by atoms with van der Waals surface area (Å²) in [6, 6.07) is 0. The molecule has 0 saturated carbocycles. The van der Waals surface area contributed by atoms with E-state index >= 15 is 0 Å². The van der Waals surface area contributed by atoms with Gasteiger partial charge in [-0.15, -0.1) is 0 Å². The monoisotopic (exact) mass is 191 g/mol. The number of alkyl carbamates (subject to hydrolysis) is 1. The minimum absolute atomic E-state index is 0.0965. The van der Waals surface area contributed by atoms with Gasteiger partial charge in [0.15, 0.2) is 6.29 Å². The summed E-state index contributed by atoms with van der Waals surface area (Å²) in [7, 11) is 0. The Bertz CT molecular complexity index is 162. The second kappa shape index (κ2) is 5.04. The van der Waals surface area contributed by atoms with Crippen molar-refractivity contribution in [1.82, 2.24) is 5.32 Å². The van der Waals surface area contributed by atoms with Crippen molar-refractivity contribution < 1.29 is 19.7 Å². The second-order valence-corrected chi connectivity index (χ2v) is 3.70. The maximum atomic E-state index is 10.9. The first-order valence-corrected chi connectivity index (χ1v) is 4.14. The molecule has 0 radical (unpaired) electrons. The van der Waals surface area contributed by atoms with Crippen LogP contribution in [0.2, 0.25) is 0 Å². The van der Waals surface area contributed by atoms with Crippen LogP contribution in [0.5, 0.6) is 0 Å². The Morgan fingerprint density at radius 2 is 2.00 bits per heavy atom. The van der Waals surface area contributed by atoms with Gasteiger partial charge in [-0.3, -0.25) is 0 Å². The molecule has 78 valence electrons. The van der Waals surface area contributed by atoms with Crippen LogP contribution in [0.3, 0.4) is 0 Å².